The Balaban J connectivity index is 1.94. The largest absolute Gasteiger partial charge is 0.307 e. The maximum Gasteiger partial charge on any atom is 0.0322 e. The van der Waals surface area contributed by atoms with Gasteiger partial charge in [0.2, 0.25) is 0 Å². The molecular formula is C19H27NS. The average Bonchev–Trinajstić information content (AvgIpc) is 3.00. The van der Waals surface area contributed by atoms with E-state index in [1.54, 1.807) is 11.3 Å². The van der Waals surface area contributed by atoms with Crippen LogP contribution < -0.4 is 5.32 Å². The molecule has 0 spiro atoms. The molecule has 114 valence electrons. The van der Waals surface area contributed by atoms with E-state index >= 15 is 0 Å². The third kappa shape index (κ3) is 5.64. The first-order valence-corrected chi connectivity index (χ1v) is 9.06. The molecule has 1 nitrogen and oxygen atoms in total. The summed E-state index contributed by atoms with van der Waals surface area (Å²) < 4.78 is 0. The smallest absolute Gasteiger partial charge is 0.0322 e. The predicted molar refractivity (Wildman–Crippen MR) is 93.9 cm³/mol. The van der Waals surface area contributed by atoms with Crippen molar-refractivity contribution in [3.05, 3.63) is 58.3 Å². The molecule has 0 fully saturated rings. The zero-order valence-corrected chi connectivity index (χ0v) is 14.0. The van der Waals surface area contributed by atoms with E-state index in [2.05, 4.69) is 66.3 Å². The SMILES string of the molecule is CCCCCC(NC(C)Cc1ccsc1)c1ccccc1. The molecule has 0 saturated carbocycles. The number of rotatable bonds is 9. The van der Waals surface area contributed by atoms with Gasteiger partial charge in [-0.15, -0.1) is 0 Å². The van der Waals surface area contributed by atoms with Gasteiger partial charge in [0.15, 0.2) is 0 Å². The molecule has 0 saturated heterocycles. The highest BCUT2D eigenvalue weighted by Gasteiger charge is 2.14. The van der Waals surface area contributed by atoms with Gasteiger partial charge in [-0.05, 0) is 47.7 Å². The number of benzene rings is 1. The molecule has 0 amide bonds. The minimum atomic E-state index is 0.478. The molecule has 21 heavy (non-hydrogen) atoms. The molecular weight excluding hydrogens is 274 g/mol. The van der Waals surface area contributed by atoms with E-state index in [4.69, 9.17) is 0 Å². The molecule has 0 bridgehead atoms. The quantitative estimate of drug-likeness (QED) is 0.595. The second kappa shape index (κ2) is 9.01. The highest BCUT2D eigenvalue weighted by atomic mass is 32.1. The fourth-order valence-electron chi connectivity index (χ4n) is 2.79. The van der Waals surface area contributed by atoms with Crippen molar-refractivity contribution >= 4 is 11.3 Å². The van der Waals surface area contributed by atoms with Gasteiger partial charge in [-0.3, -0.25) is 0 Å². The van der Waals surface area contributed by atoms with Crippen LogP contribution in [0.2, 0.25) is 0 Å². The highest BCUT2D eigenvalue weighted by molar-refractivity contribution is 7.07. The van der Waals surface area contributed by atoms with Crippen LogP contribution >= 0.6 is 11.3 Å². The van der Waals surface area contributed by atoms with Crippen LogP contribution in [0.25, 0.3) is 0 Å². The zero-order valence-electron chi connectivity index (χ0n) is 13.2. The van der Waals surface area contributed by atoms with Crippen molar-refractivity contribution in [2.24, 2.45) is 0 Å². The number of hydrogen-bond acceptors (Lipinski definition) is 2. The Morgan fingerprint density at radius 3 is 2.57 bits per heavy atom. The zero-order chi connectivity index (χ0) is 14.9. The van der Waals surface area contributed by atoms with Crippen LogP contribution in [0, 0.1) is 0 Å². The maximum atomic E-state index is 3.84. The third-order valence-electron chi connectivity index (χ3n) is 3.91. The molecule has 2 unspecified atom stereocenters. The molecule has 2 rings (SSSR count). The molecule has 0 aliphatic heterocycles. The van der Waals surface area contributed by atoms with Gasteiger partial charge in [0.1, 0.15) is 0 Å². The fourth-order valence-corrected chi connectivity index (χ4v) is 3.48. The summed E-state index contributed by atoms with van der Waals surface area (Å²) in [6, 6.07) is 14.1. The van der Waals surface area contributed by atoms with Gasteiger partial charge in [0.25, 0.3) is 0 Å². The number of nitrogens with one attached hydrogen (secondary N) is 1. The summed E-state index contributed by atoms with van der Waals surface area (Å²) in [5, 5.41) is 8.26. The van der Waals surface area contributed by atoms with Crippen LogP contribution in [0.4, 0.5) is 0 Å². The molecule has 2 aromatic rings. The molecule has 1 N–H and O–H groups in total. The van der Waals surface area contributed by atoms with Crippen LogP contribution in [0.15, 0.2) is 47.2 Å². The molecule has 1 aromatic carbocycles. The van der Waals surface area contributed by atoms with Crippen LogP contribution in [-0.4, -0.2) is 6.04 Å². The van der Waals surface area contributed by atoms with E-state index in [1.807, 2.05) is 0 Å². The van der Waals surface area contributed by atoms with Gasteiger partial charge in [-0.25, -0.2) is 0 Å². The van der Waals surface area contributed by atoms with E-state index in [0.29, 0.717) is 12.1 Å². The molecule has 0 aliphatic rings. The summed E-state index contributed by atoms with van der Waals surface area (Å²) in [7, 11) is 0. The molecule has 2 heteroatoms. The van der Waals surface area contributed by atoms with Crippen molar-refractivity contribution < 1.29 is 0 Å². The second-order valence-corrected chi connectivity index (χ2v) is 6.64. The minimum absolute atomic E-state index is 0.478. The van der Waals surface area contributed by atoms with Gasteiger partial charge >= 0.3 is 0 Å². The summed E-state index contributed by atoms with van der Waals surface area (Å²) in [5.74, 6) is 0. The van der Waals surface area contributed by atoms with Gasteiger partial charge in [-0.2, -0.15) is 11.3 Å². The number of hydrogen-bond donors (Lipinski definition) is 1. The maximum absolute atomic E-state index is 3.84. The lowest BCUT2D eigenvalue weighted by atomic mass is 9.98. The van der Waals surface area contributed by atoms with E-state index < -0.39 is 0 Å². The van der Waals surface area contributed by atoms with E-state index in [-0.39, 0.29) is 0 Å². The van der Waals surface area contributed by atoms with Gasteiger partial charge in [0, 0.05) is 12.1 Å². The van der Waals surface area contributed by atoms with Crippen LogP contribution in [0.3, 0.4) is 0 Å². The molecule has 0 radical (unpaired) electrons. The Morgan fingerprint density at radius 1 is 1.10 bits per heavy atom. The van der Waals surface area contributed by atoms with Crippen molar-refractivity contribution in [3.63, 3.8) is 0 Å². The van der Waals surface area contributed by atoms with Crippen LogP contribution in [-0.2, 0) is 6.42 Å². The molecule has 1 heterocycles. The van der Waals surface area contributed by atoms with Gasteiger partial charge < -0.3 is 5.32 Å². The Labute approximate surface area is 133 Å². The Morgan fingerprint density at radius 2 is 1.90 bits per heavy atom. The topological polar surface area (TPSA) is 12.0 Å². The first-order valence-electron chi connectivity index (χ1n) is 8.11. The minimum Gasteiger partial charge on any atom is -0.307 e. The summed E-state index contributed by atoms with van der Waals surface area (Å²) in [6.07, 6.45) is 6.25. The Bertz CT molecular complexity index is 478. The lowest BCUT2D eigenvalue weighted by Gasteiger charge is -2.24. The highest BCUT2D eigenvalue weighted by Crippen LogP contribution is 2.21. The average molecular weight is 301 g/mol. The van der Waals surface area contributed by atoms with E-state index in [0.717, 1.165) is 6.42 Å². The summed E-state index contributed by atoms with van der Waals surface area (Å²) >= 11 is 1.79. The summed E-state index contributed by atoms with van der Waals surface area (Å²) in [6.45, 7) is 4.57. The van der Waals surface area contributed by atoms with Crippen molar-refractivity contribution in [2.75, 3.05) is 0 Å². The molecule has 2 atom stereocenters. The van der Waals surface area contributed by atoms with E-state index in [9.17, 15) is 0 Å². The van der Waals surface area contributed by atoms with Crippen LogP contribution in [0.1, 0.15) is 56.7 Å². The van der Waals surface area contributed by atoms with Crippen molar-refractivity contribution in [2.45, 2.75) is 58.0 Å². The first kappa shape index (κ1) is 16.3. The Kier molecular flexibility index (Phi) is 6.98. The first-order chi connectivity index (χ1) is 10.3. The lowest BCUT2D eigenvalue weighted by Crippen LogP contribution is -2.32. The molecule has 1 aromatic heterocycles. The van der Waals surface area contributed by atoms with Crippen molar-refractivity contribution in [3.8, 4) is 0 Å². The second-order valence-electron chi connectivity index (χ2n) is 5.86. The van der Waals surface area contributed by atoms with Crippen molar-refractivity contribution in [1.29, 1.82) is 0 Å². The Hall–Kier alpha value is -1.12. The fraction of sp³-hybridized carbons (Fsp3) is 0.474. The third-order valence-corrected chi connectivity index (χ3v) is 4.64. The summed E-state index contributed by atoms with van der Waals surface area (Å²) in [4.78, 5) is 0. The van der Waals surface area contributed by atoms with Crippen molar-refractivity contribution in [1.82, 2.24) is 5.32 Å². The molecule has 0 aliphatic carbocycles. The monoisotopic (exact) mass is 301 g/mol. The predicted octanol–water partition coefficient (Wildman–Crippen LogP) is 5.59. The van der Waals surface area contributed by atoms with Gasteiger partial charge in [-0.1, -0.05) is 56.5 Å². The lowest BCUT2D eigenvalue weighted by molar-refractivity contribution is 0.418. The summed E-state index contributed by atoms with van der Waals surface area (Å²) in [5.41, 5.74) is 2.87. The van der Waals surface area contributed by atoms with E-state index in [1.165, 1.54) is 36.8 Å². The standard InChI is InChI=1S/C19H27NS/c1-3-4-6-11-19(18-9-7-5-8-10-18)20-16(2)14-17-12-13-21-15-17/h5,7-10,12-13,15-16,19-20H,3-4,6,11,14H2,1-2H3. The van der Waals surface area contributed by atoms with Gasteiger partial charge in [0.05, 0.1) is 0 Å². The number of thiophene rings is 1. The number of unbranched alkanes of at least 4 members (excludes halogenated alkanes) is 2. The normalized spacial score (nSPS) is 14.0. The van der Waals surface area contributed by atoms with Crippen LogP contribution in [0.5, 0.6) is 0 Å².